The number of fused-ring (bicyclic) bond motifs is 1. The molecule has 2 rings (SSSR count). The van der Waals surface area contributed by atoms with Crippen molar-refractivity contribution in [3.63, 3.8) is 0 Å². The smallest absolute Gasteiger partial charge is 0.217 e. The molecule has 0 aliphatic heterocycles. The number of aryl methyl sites for hydroxylation is 1. The third-order valence-corrected chi connectivity index (χ3v) is 3.23. The van der Waals surface area contributed by atoms with E-state index in [1.54, 1.807) is 10.6 Å². The summed E-state index contributed by atoms with van der Waals surface area (Å²) in [6, 6.07) is 2.94. The zero-order valence-electron chi connectivity index (χ0n) is 9.49. The van der Waals surface area contributed by atoms with Gasteiger partial charge in [-0.3, -0.25) is 4.79 Å². The molecule has 1 aromatic carbocycles. The van der Waals surface area contributed by atoms with Crippen LogP contribution in [0.5, 0.6) is 0 Å². The van der Waals surface area contributed by atoms with Gasteiger partial charge in [0.25, 0.3) is 0 Å². The number of aromatic nitrogens is 2. The first-order chi connectivity index (χ1) is 8.49. The number of benzene rings is 1. The molecule has 0 saturated carbocycles. The molecular weight excluding hydrogens is 303 g/mol. The van der Waals surface area contributed by atoms with E-state index in [2.05, 4.69) is 20.9 Å². The van der Waals surface area contributed by atoms with E-state index in [-0.39, 0.29) is 18.1 Å². The number of anilines is 1. The van der Waals surface area contributed by atoms with Gasteiger partial charge in [-0.25, -0.2) is 9.37 Å². The first-order valence-corrected chi connectivity index (χ1v) is 6.17. The average molecular weight is 315 g/mol. The molecule has 96 valence electrons. The first kappa shape index (κ1) is 12.8. The lowest BCUT2D eigenvalue weighted by Crippen LogP contribution is -2.12. The Morgan fingerprint density at radius 2 is 2.22 bits per heavy atom. The Hall–Kier alpha value is -1.63. The summed E-state index contributed by atoms with van der Waals surface area (Å²) in [6.07, 6.45) is 0.849. The van der Waals surface area contributed by atoms with Crippen LogP contribution in [0.3, 0.4) is 0 Å². The Balaban J connectivity index is 2.34. The van der Waals surface area contributed by atoms with Crippen molar-refractivity contribution >= 4 is 38.8 Å². The van der Waals surface area contributed by atoms with Crippen molar-refractivity contribution < 1.29 is 9.18 Å². The molecule has 18 heavy (non-hydrogen) atoms. The molecule has 0 fully saturated rings. The fraction of sp³-hybridized carbons (Fsp3) is 0.273. The minimum atomic E-state index is -0.385. The summed E-state index contributed by atoms with van der Waals surface area (Å²) >= 11 is 3.12. The number of amides is 1. The van der Waals surface area contributed by atoms with E-state index in [0.29, 0.717) is 28.9 Å². The van der Waals surface area contributed by atoms with Crippen LogP contribution in [0, 0.1) is 5.82 Å². The standard InChI is InChI=1S/C11H12BrFN4O/c12-6-4-9-8(5-7(6)13)16-11(15)17(9)3-1-2-10(14)18/h4-5H,1-3H2,(H2,14,18)(H2,15,16). The summed E-state index contributed by atoms with van der Waals surface area (Å²) < 4.78 is 15.4. The molecule has 0 atom stereocenters. The molecule has 0 spiro atoms. The number of halogens is 2. The predicted molar refractivity (Wildman–Crippen MR) is 70.2 cm³/mol. The molecule has 1 amide bonds. The number of hydrogen-bond donors (Lipinski definition) is 2. The number of hydrogen-bond acceptors (Lipinski definition) is 3. The van der Waals surface area contributed by atoms with Crippen LogP contribution in [0.15, 0.2) is 16.6 Å². The van der Waals surface area contributed by atoms with Crippen molar-refractivity contribution in [3.8, 4) is 0 Å². The summed E-state index contributed by atoms with van der Waals surface area (Å²) in [5, 5.41) is 0. The van der Waals surface area contributed by atoms with Gasteiger partial charge in [0.05, 0.1) is 15.5 Å². The number of nitrogens with two attached hydrogens (primary N) is 2. The van der Waals surface area contributed by atoms with Crippen LogP contribution in [0.4, 0.5) is 10.3 Å². The van der Waals surface area contributed by atoms with Gasteiger partial charge in [0, 0.05) is 19.0 Å². The number of nitrogens with zero attached hydrogens (tertiary/aromatic N) is 2. The van der Waals surface area contributed by atoms with E-state index < -0.39 is 0 Å². The average Bonchev–Trinajstić information content (AvgIpc) is 2.56. The SMILES string of the molecule is NC(=O)CCCn1c(N)nc2cc(F)c(Br)cc21. The van der Waals surface area contributed by atoms with E-state index in [9.17, 15) is 9.18 Å². The maximum atomic E-state index is 13.3. The first-order valence-electron chi connectivity index (χ1n) is 5.38. The van der Waals surface area contributed by atoms with E-state index in [1.165, 1.54) is 6.07 Å². The Morgan fingerprint density at radius 3 is 2.89 bits per heavy atom. The van der Waals surface area contributed by atoms with E-state index in [4.69, 9.17) is 11.5 Å². The summed E-state index contributed by atoms with van der Waals surface area (Å²) in [5.74, 6) is -0.443. The van der Waals surface area contributed by atoms with Gasteiger partial charge >= 0.3 is 0 Å². The number of nitrogen functional groups attached to an aromatic ring is 1. The predicted octanol–water partition coefficient (Wildman–Crippen LogP) is 1.79. The van der Waals surface area contributed by atoms with Gasteiger partial charge in [0.2, 0.25) is 11.9 Å². The molecule has 2 aromatic rings. The minimum Gasteiger partial charge on any atom is -0.370 e. The molecule has 0 bridgehead atoms. The highest BCUT2D eigenvalue weighted by Gasteiger charge is 2.11. The molecule has 7 heteroatoms. The van der Waals surface area contributed by atoms with Gasteiger partial charge < -0.3 is 16.0 Å². The Labute approximate surface area is 111 Å². The van der Waals surface area contributed by atoms with Crippen LogP contribution in [0.1, 0.15) is 12.8 Å². The third-order valence-electron chi connectivity index (χ3n) is 2.62. The van der Waals surface area contributed by atoms with Crippen molar-refractivity contribution in [2.24, 2.45) is 5.73 Å². The largest absolute Gasteiger partial charge is 0.370 e. The summed E-state index contributed by atoms with van der Waals surface area (Å²) in [4.78, 5) is 14.8. The van der Waals surface area contributed by atoms with Crippen LogP contribution in [-0.2, 0) is 11.3 Å². The summed E-state index contributed by atoms with van der Waals surface area (Å²) in [7, 11) is 0. The number of carbonyl (C=O) groups excluding carboxylic acids is 1. The lowest BCUT2D eigenvalue weighted by molar-refractivity contribution is -0.118. The van der Waals surface area contributed by atoms with Crippen molar-refractivity contribution in [2.45, 2.75) is 19.4 Å². The van der Waals surface area contributed by atoms with Gasteiger partial charge in [0.15, 0.2) is 0 Å². The fourth-order valence-corrected chi connectivity index (χ4v) is 2.12. The summed E-state index contributed by atoms with van der Waals surface area (Å²) in [5.41, 5.74) is 12.1. The van der Waals surface area contributed by atoms with Gasteiger partial charge in [-0.2, -0.15) is 0 Å². The zero-order valence-corrected chi connectivity index (χ0v) is 11.1. The van der Waals surface area contributed by atoms with Crippen molar-refractivity contribution in [2.75, 3.05) is 5.73 Å². The quantitative estimate of drug-likeness (QED) is 0.901. The minimum absolute atomic E-state index is 0.279. The van der Waals surface area contributed by atoms with Crippen molar-refractivity contribution in [1.82, 2.24) is 9.55 Å². The number of primary amides is 1. The maximum absolute atomic E-state index is 13.3. The van der Waals surface area contributed by atoms with Crippen LogP contribution in [0.2, 0.25) is 0 Å². The summed E-state index contributed by atoms with van der Waals surface area (Å²) in [6.45, 7) is 0.517. The molecule has 1 aromatic heterocycles. The maximum Gasteiger partial charge on any atom is 0.217 e. The molecule has 5 nitrogen and oxygen atoms in total. The topological polar surface area (TPSA) is 86.9 Å². The van der Waals surface area contributed by atoms with Gasteiger partial charge in [-0.05, 0) is 28.4 Å². The second kappa shape index (κ2) is 4.93. The molecule has 4 N–H and O–H groups in total. The molecule has 0 aliphatic rings. The third kappa shape index (κ3) is 2.45. The number of rotatable bonds is 4. The highest BCUT2D eigenvalue weighted by atomic mass is 79.9. The fourth-order valence-electron chi connectivity index (χ4n) is 1.79. The highest BCUT2D eigenvalue weighted by Crippen LogP contribution is 2.25. The molecule has 0 radical (unpaired) electrons. The van der Waals surface area contributed by atoms with E-state index in [1.807, 2.05) is 0 Å². The van der Waals surface area contributed by atoms with Gasteiger partial charge in [-0.15, -0.1) is 0 Å². The molecule has 0 saturated heterocycles. The zero-order chi connectivity index (χ0) is 13.3. The van der Waals surface area contributed by atoms with Gasteiger partial charge in [0.1, 0.15) is 5.82 Å². The lowest BCUT2D eigenvalue weighted by atomic mass is 10.2. The molecular formula is C11H12BrFN4O. The van der Waals surface area contributed by atoms with Crippen LogP contribution < -0.4 is 11.5 Å². The molecule has 0 unspecified atom stereocenters. The Kier molecular flexibility index (Phi) is 3.51. The van der Waals surface area contributed by atoms with Crippen molar-refractivity contribution in [3.05, 3.63) is 22.4 Å². The Bertz CT molecular complexity index is 611. The van der Waals surface area contributed by atoms with E-state index >= 15 is 0 Å². The van der Waals surface area contributed by atoms with Gasteiger partial charge in [-0.1, -0.05) is 0 Å². The number of imidazole rings is 1. The Morgan fingerprint density at radius 1 is 1.50 bits per heavy atom. The second-order valence-corrected chi connectivity index (χ2v) is 4.80. The lowest BCUT2D eigenvalue weighted by Gasteiger charge is -2.05. The second-order valence-electron chi connectivity index (χ2n) is 3.95. The molecule has 0 aliphatic carbocycles. The van der Waals surface area contributed by atoms with E-state index in [0.717, 1.165) is 5.52 Å². The number of carbonyl (C=O) groups is 1. The van der Waals surface area contributed by atoms with Crippen LogP contribution >= 0.6 is 15.9 Å². The van der Waals surface area contributed by atoms with Crippen LogP contribution in [-0.4, -0.2) is 15.5 Å². The van der Waals surface area contributed by atoms with Crippen LogP contribution in [0.25, 0.3) is 11.0 Å². The van der Waals surface area contributed by atoms with Crippen molar-refractivity contribution in [1.29, 1.82) is 0 Å². The molecule has 1 heterocycles. The monoisotopic (exact) mass is 314 g/mol. The highest BCUT2D eigenvalue weighted by molar-refractivity contribution is 9.10. The normalized spacial score (nSPS) is 11.0.